The smallest absolute Gasteiger partial charge is 0.339 e. The molecule has 0 spiro atoms. The van der Waals surface area contributed by atoms with Gasteiger partial charge in [0.05, 0.1) is 11.9 Å². The molecule has 0 heterocycles. The summed E-state index contributed by atoms with van der Waals surface area (Å²) >= 11 is 0. The summed E-state index contributed by atoms with van der Waals surface area (Å²) < 4.78 is 29.4. The maximum absolute atomic E-state index is 12.3. The summed E-state index contributed by atoms with van der Waals surface area (Å²) in [6, 6.07) is 6.84. The van der Waals surface area contributed by atoms with E-state index >= 15 is 0 Å². The molecule has 0 fully saturated rings. The van der Waals surface area contributed by atoms with E-state index in [1.807, 2.05) is 6.92 Å². The molecule has 0 N–H and O–H groups in total. The third-order valence-corrected chi connectivity index (χ3v) is 4.59. The first-order chi connectivity index (χ1) is 11.1. The quantitative estimate of drug-likeness (QED) is 0.685. The molecular weight excluding hydrogens is 336 g/mol. The first-order valence-corrected chi connectivity index (χ1v) is 8.10. The number of aromatic carboxylic acids is 2. The Morgan fingerprint density at radius 1 is 0.875 bits per heavy atom. The first kappa shape index (κ1) is 17.5. The number of carboxylic acid groups (broad SMARTS) is 2. The van der Waals surface area contributed by atoms with Crippen molar-refractivity contribution in [3.8, 4) is 5.75 Å². The Morgan fingerprint density at radius 3 is 1.88 bits per heavy atom. The normalized spacial score (nSPS) is 11.1. The molecule has 0 unspecified atom stereocenters. The van der Waals surface area contributed by atoms with Gasteiger partial charge in [-0.05, 0) is 55.3 Å². The van der Waals surface area contributed by atoms with Gasteiger partial charge in [-0.25, -0.2) is 0 Å². The minimum atomic E-state index is -4.26. The molecule has 0 amide bonds. The van der Waals surface area contributed by atoms with Crippen LogP contribution in [0.15, 0.2) is 41.3 Å². The first-order valence-electron chi connectivity index (χ1n) is 6.69. The Labute approximate surface area is 138 Å². The van der Waals surface area contributed by atoms with Crippen LogP contribution in [0.1, 0.15) is 31.8 Å². The van der Waals surface area contributed by atoms with Crippen molar-refractivity contribution < 1.29 is 32.4 Å². The van der Waals surface area contributed by atoms with Crippen LogP contribution < -0.4 is 14.4 Å². The third kappa shape index (κ3) is 3.72. The lowest BCUT2D eigenvalue weighted by molar-refractivity contribution is -0.255. The number of rotatable bonds is 5. The van der Waals surface area contributed by atoms with Crippen LogP contribution >= 0.6 is 0 Å². The third-order valence-electron chi connectivity index (χ3n) is 3.35. The van der Waals surface area contributed by atoms with Crippen molar-refractivity contribution in [2.75, 3.05) is 0 Å². The van der Waals surface area contributed by atoms with E-state index < -0.39 is 38.9 Å². The number of carbonyl (C=O) groups excluding carboxylic acids is 2. The summed E-state index contributed by atoms with van der Waals surface area (Å²) in [6.07, 6.45) is 0. The summed E-state index contributed by atoms with van der Waals surface area (Å²) in [5, 5.41) is 21.8. The fourth-order valence-electron chi connectivity index (χ4n) is 1.93. The largest absolute Gasteiger partial charge is 0.545 e. The summed E-state index contributed by atoms with van der Waals surface area (Å²) in [4.78, 5) is 21.7. The molecule has 0 aromatic heterocycles. The number of carbonyl (C=O) groups is 2. The van der Waals surface area contributed by atoms with Gasteiger partial charge in [0.1, 0.15) is 10.6 Å². The molecule has 0 saturated carbocycles. The highest BCUT2D eigenvalue weighted by molar-refractivity contribution is 7.87. The highest BCUT2D eigenvalue weighted by atomic mass is 32.2. The molecular formula is C16H12O7S-2. The standard InChI is InChI=1S/C16H14O7S/c1-9-3-4-14(5-10(9)2)24(21,22)23-13-7-11(15(17)18)6-12(8-13)16(19)20/h3-8H,1-2H3,(H,17,18)(H,19,20)/p-2. The highest BCUT2D eigenvalue weighted by Crippen LogP contribution is 2.23. The topological polar surface area (TPSA) is 124 Å². The molecule has 7 nitrogen and oxygen atoms in total. The summed E-state index contributed by atoms with van der Waals surface area (Å²) in [5.41, 5.74) is 0.523. The van der Waals surface area contributed by atoms with Gasteiger partial charge in [0.25, 0.3) is 0 Å². The summed E-state index contributed by atoms with van der Waals surface area (Å²) in [7, 11) is -4.26. The molecule has 24 heavy (non-hydrogen) atoms. The summed E-state index contributed by atoms with van der Waals surface area (Å²) in [6.45, 7) is 3.53. The van der Waals surface area contributed by atoms with E-state index in [9.17, 15) is 28.2 Å². The number of hydrogen-bond donors (Lipinski definition) is 0. The van der Waals surface area contributed by atoms with E-state index in [2.05, 4.69) is 0 Å². The van der Waals surface area contributed by atoms with Crippen LogP contribution in [-0.4, -0.2) is 20.4 Å². The van der Waals surface area contributed by atoms with E-state index in [0.29, 0.717) is 0 Å². The SMILES string of the molecule is Cc1ccc(S(=O)(=O)Oc2cc(C(=O)[O-])cc(C(=O)[O-])c2)cc1C. The van der Waals surface area contributed by atoms with E-state index in [0.717, 1.165) is 29.3 Å². The van der Waals surface area contributed by atoms with Crippen LogP contribution in [0.5, 0.6) is 5.75 Å². The van der Waals surface area contributed by atoms with Gasteiger partial charge < -0.3 is 24.0 Å². The molecule has 0 radical (unpaired) electrons. The van der Waals surface area contributed by atoms with Crippen LogP contribution in [0.2, 0.25) is 0 Å². The fourth-order valence-corrected chi connectivity index (χ4v) is 2.93. The van der Waals surface area contributed by atoms with Crippen LogP contribution in [0.3, 0.4) is 0 Å². The lowest BCUT2D eigenvalue weighted by Crippen LogP contribution is -2.26. The van der Waals surface area contributed by atoms with E-state index in [-0.39, 0.29) is 4.90 Å². The molecule has 2 aromatic rings. The van der Waals surface area contributed by atoms with Gasteiger partial charge in [0, 0.05) is 11.1 Å². The van der Waals surface area contributed by atoms with E-state index in [4.69, 9.17) is 4.18 Å². The molecule has 0 aliphatic carbocycles. The van der Waals surface area contributed by atoms with E-state index in [1.165, 1.54) is 12.1 Å². The van der Waals surface area contributed by atoms with Gasteiger partial charge in [-0.3, -0.25) is 0 Å². The molecule has 2 aromatic carbocycles. The lowest BCUT2D eigenvalue weighted by Gasteiger charge is -2.13. The van der Waals surface area contributed by atoms with Crippen molar-refractivity contribution in [2.45, 2.75) is 18.7 Å². The van der Waals surface area contributed by atoms with Crippen LogP contribution in [0, 0.1) is 13.8 Å². The van der Waals surface area contributed by atoms with Crippen molar-refractivity contribution >= 4 is 22.1 Å². The second-order valence-electron chi connectivity index (χ2n) is 5.10. The maximum atomic E-state index is 12.3. The van der Waals surface area contributed by atoms with Crippen molar-refractivity contribution in [2.24, 2.45) is 0 Å². The molecule has 126 valence electrons. The second kappa shape index (κ2) is 6.32. The number of aryl methyl sites for hydroxylation is 2. The predicted octanol–water partition coefficient (Wildman–Crippen LogP) is -0.202. The molecule has 0 aliphatic rings. The van der Waals surface area contributed by atoms with Crippen LogP contribution in [0.4, 0.5) is 0 Å². The Bertz CT molecular complexity index is 897. The average molecular weight is 348 g/mol. The van der Waals surface area contributed by atoms with Gasteiger partial charge in [-0.1, -0.05) is 6.07 Å². The van der Waals surface area contributed by atoms with Crippen LogP contribution in [0.25, 0.3) is 0 Å². The van der Waals surface area contributed by atoms with Gasteiger partial charge in [0.15, 0.2) is 0 Å². The van der Waals surface area contributed by atoms with Gasteiger partial charge >= 0.3 is 10.1 Å². The molecule has 2 rings (SSSR count). The number of carboxylic acids is 2. The Hall–Kier alpha value is -2.87. The Balaban J connectivity index is 2.47. The second-order valence-corrected chi connectivity index (χ2v) is 6.65. The van der Waals surface area contributed by atoms with Gasteiger partial charge in [-0.2, -0.15) is 8.42 Å². The number of benzene rings is 2. The molecule has 8 heteroatoms. The molecule has 0 aliphatic heterocycles. The van der Waals surface area contributed by atoms with Gasteiger partial charge in [-0.15, -0.1) is 0 Å². The Kier molecular flexibility index (Phi) is 4.61. The minimum Gasteiger partial charge on any atom is -0.545 e. The van der Waals surface area contributed by atoms with Crippen molar-refractivity contribution in [1.29, 1.82) is 0 Å². The maximum Gasteiger partial charge on any atom is 0.339 e. The van der Waals surface area contributed by atoms with Crippen molar-refractivity contribution in [3.05, 3.63) is 58.7 Å². The average Bonchev–Trinajstić information content (AvgIpc) is 2.49. The van der Waals surface area contributed by atoms with Crippen LogP contribution in [-0.2, 0) is 10.1 Å². The monoisotopic (exact) mass is 348 g/mol. The van der Waals surface area contributed by atoms with E-state index in [1.54, 1.807) is 13.0 Å². The predicted molar refractivity (Wildman–Crippen MR) is 78.8 cm³/mol. The zero-order valence-electron chi connectivity index (χ0n) is 12.7. The van der Waals surface area contributed by atoms with Crippen molar-refractivity contribution in [1.82, 2.24) is 0 Å². The number of hydrogen-bond acceptors (Lipinski definition) is 7. The zero-order chi connectivity index (χ0) is 18.1. The lowest BCUT2D eigenvalue weighted by atomic mass is 10.1. The summed E-state index contributed by atoms with van der Waals surface area (Å²) in [5.74, 6) is -3.81. The highest BCUT2D eigenvalue weighted by Gasteiger charge is 2.18. The molecule has 0 saturated heterocycles. The minimum absolute atomic E-state index is 0.139. The fraction of sp³-hybridized carbons (Fsp3) is 0.125. The molecule has 0 bridgehead atoms. The Morgan fingerprint density at radius 2 is 1.42 bits per heavy atom. The van der Waals surface area contributed by atoms with Gasteiger partial charge in [0.2, 0.25) is 0 Å². The van der Waals surface area contributed by atoms with Crippen molar-refractivity contribution in [3.63, 3.8) is 0 Å². The zero-order valence-corrected chi connectivity index (χ0v) is 13.5. The molecule has 0 atom stereocenters.